The molecule has 2 aromatic rings. The lowest BCUT2D eigenvalue weighted by atomic mass is 10.1. The minimum atomic E-state index is 0.613. The van der Waals surface area contributed by atoms with E-state index in [1.165, 1.54) is 11.1 Å². The Kier molecular flexibility index (Phi) is 4.90. The summed E-state index contributed by atoms with van der Waals surface area (Å²) in [5.74, 6) is 0. The zero-order valence-electron chi connectivity index (χ0n) is 11.8. The van der Waals surface area contributed by atoms with Crippen molar-refractivity contribution in [1.82, 2.24) is 9.88 Å². The molecule has 0 radical (unpaired) electrons. The van der Waals surface area contributed by atoms with Gasteiger partial charge in [-0.25, -0.2) is 4.98 Å². The van der Waals surface area contributed by atoms with Gasteiger partial charge in [-0.2, -0.15) is 0 Å². The van der Waals surface area contributed by atoms with Crippen LogP contribution in [-0.4, -0.2) is 36.1 Å². The van der Waals surface area contributed by atoms with Crippen LogP contribution >= 0.6 is 27.3 Å². The maximum absolute atomic E-state index is 5.63. The monoisotopic (exact) mass is 366 g/mol. The molecule has 1 saturated heterocycles. The largest absolute Gasteiger partial charge is 0.345 e. The van der Waals surface area contributed by atoms with Crippen molar-refractivity contribution < 1.29 is 0 Å². The van der Waals surface area contributed by atoms with Crippen molar-refractivity contribution in [2.24, 2.45) is 5.73 Å². The molecule has 0 amide bonds. The van der Waals surface area contributed by atoms with Crippen molar-refractivity contribution in [3.05, 3.63) is 45.4 Å². The molecule has 6 heteroatoms. The van der Waals surface area contributed by atoms with E-state index in [9.17, 15) is 0 Å². The van der Waals surface area contributed by atoms with Crippen LogP contribution in [-0.2, 0) is 13.1 Å². The van der Waals surface area contributed by atoms with Crippen LogP contribution in [0.1, 0.15) is 11.1 Å². The molecular formula is C15H19BrN4S. The molecule has 1 aliphatic heterocycles. The normalized spacial score (nSPS) is 16.4. The maximum Gasteiger partial charge on any atom is 0.186 e. The summed E-state index contributed by atoms with van der Waals surface area (Å²) in [5.41, 5.74) is 8.18. The summed E-state index contributed by atoms with van der Waals surface area (Å²) in [6.45, 7) is 5.87. The number of piperazine rings is 1. The molecule has 1 aromatic carbocycles. The van der Waals surface area contributed by atoms with Crippen molar-refractivity contribution in [3.8, 4) is 0 Å². The topological polar surface area (TPSA) is 45.4 Å². The van der Waals surface area contributed by atoms with Crippen molar-refractivity contribution in [2.75, 3.05) is 31.1 Å². The van der Waals surface area contributed by atoms with Gasteiger partial charge < -0.3 is 10.6 Å². The Morgan fingerprint density at radius 1 is 1.10 bits per heavy atom. The fourth-order valence-corrected chi connectivity index (χ4v) is 3.76. The van der Waals surface area contributed by atoms with Gasteiger partial charge in [-0.1, -0.05) is 35.6 Å². The number of hydrogen-bond acceptors (Lipinski definition) is 5. The number of nitrogens with zero attached hydrogens (tertiary/aromatic N) is 3. The lowest BCUT2D eigenvalue weighted by molar-refractivity contribution is 0.250. The van der Waals surface area contributed by atoms with E-state index in [1.807, 2.05) is 6.20 Å². The van der Waals surface area contributed by atoms with Crippen molar-refractivity contribution in [3.63, 3.8) is 0 Å². The molecule has 2 heterocycles. The Balaban J connectivity index is 1.53. The lowest BCUT2D eigenvalue weighted by Crippen LogP contribution is -2.45. The van der Waals surface area contributed by atoms with Gasteiger partial charge in [0, 0.05) is 39.3 Å². The summed E-state index contributed by atoms with van der Waals surface area (Å²) in [6, 6.07) is 8.62. The van der Waals surface area contributed by atoms with E-state index < -0.39 is 0 Å². The zero-order valence-corrected chi connectivity index (χ0v) is 14.2. The number of thiazole rings is 1. The van der Waals surface area contributed by atoms with E-state index in [0.29, 0.717) is 6.54 Å². The first kappa shape index (κ1) is 15.0. The number of aromatic nitrogens is 1. The Morgan fingerprint density at radius 3 is 2.33 bits per heavy atom. The van der Waals surface area contributed by atoms with Gasteiger partial charge in [0.1, 0.15) is 0 Å². The van der Waals surface area contributed by atoms with Crippen LogP contribution in [0.5, 0.6) is 0 Å². The van der Waals surface area contributed by atoms with Gasteiger partial charge in [-0.3, -0.25) is 4.90 Å². The number of benzene rings is 1. The van der Waals surface area contributed by atoms with Crippen LogP contribution in [0.15, 0.2) is 34.2 Å². The summed E-state index contributed by atoms with van der Waals surface area (Å²) < 4.78 is 1.10. The number of rotatable bonds is 4. The van der Waals surface area contributed by atoms with E-state index in [-0.39, 0.29) is 0 Å². The quantitative estimate of drug-likeness (QED) is 0.903. The minimum absolute atomic E-state index is 0.613. The molecule has 0 spiro atoms. The number of halogens is 1. The third-order valence-electron chi connectivity index (χ3n) is 3.77. The molecule has 1 aliphatic rings. The van der Waals surface area contributed by atoms with Crippen LogP contribution in [0, 0.1) is 0 Å². The van der Waals surface area contributed by atoms with Gasteiger partial charge >= 0.3 is 0 Å². The molecule has 112 valence electrons. The summed E-state index contributed by atoms with van der Waals surface area (Å²) in [6.07, 6.45) is 1.88. The molecule has 1 fully saturated rings. The third kappa shape index (κ3) is 3.83. The van der Waals surface area contributed by atoms with Crippen molar-refractivity contribution in [2.45, 2.75) is 13.1 Å². The number of nitrogens with two attached hydrogens (primary N) is 1. The van der Waals surface area contributed by atoms with Gasteiger partial charge in [0.05, 0.1) is 9.98 Å². The van der Waals surface area contributed by atoms with E-state index in [1.54, 1.807) is 11.3 Å². The minimum Gasteiger partial charge on any atom is -0.345 e. The van der Waals surface area contributed by atoms with Crippen LogP contribution in [0.25, 0.3) is 0 Å². The van der Waals surface area contributed by atoms with Crippen molar-refractivity contribution >= 4 is 32.4 Å². The molecule has 21 heavy (non-hydrogen) atoms. The summed E-state index contributed by atoms with van der Waals surface area (Å²) >= 11 is 5.18. The fourth-order valence-electron chi connectivity index (χ4n) is 2.53. The Hall–Kier alpha value is -0.950. The van der Waals surface area contributed by atoms with Gasteiger partial charge in [0.15, 0.2) is 5.13 Å². The predicted molar refractivity (Wildman–Crippen MR) is 91.6 cm³/mol. The number of hydrogen-bond donors (Lipinski definition) is 1. The van der Waals surface area contributed by atoms with Gasteiger partial charge in [-0.05, 0) is 27.1 Å². The summed E-state index contributed by atoms with van der Waals surface area (Å²) in [5, 5.41) is 1.12. The first-order valence-corrected chi connectivity index (χ1v) is 8.72. The summed E-state index contributed by atoms with van der Waals surface area (Å²) in [7, 11) is 0. The Bertz CT molecular complexity index is 576. The number of anilines is 1. The smallest absolute Gasteiger partial charge is 0.186 e. The van der Waals surface area contributed by atoms with E-state index in [4.69, 9.17) is 5.73 Å². The van der Waals surface area contributed by atoms with Crippen LogP contribution in [0.3, 0.4) is 0 Å². The molecular weight excluding hydrogens is 348 g/mol. The van der Waals surface area contributed by atoms with Crippen LogP contribution in [0.4, 0.5) is 5.13 Å². The second-order valence-corrected chi connectivity index (χ2v) is 7.62. The maximum atomic E-state index is 5.63. The zero-order chi connectivity index (χ0) is 14.7. The standard InChI is InChI=1S/C15H19BrN4S/c16-14-10-18-15(21-14)20-7-5-19(6-8-20)11-13-3-1-12(9-17)2-4-13/h1-4,10H,5-9,11,17H2. The van der Waals surface area contributed by atoms with E-state index in [0.717, 1.165) is 41.6 Å². The molecule has 4 nitrogen and oxygen atoms in total. The molecule has 0 bridgehead atoms. The molecule has 1 aromatic heterocycles. The first-order chi connectivity index (χ1) is 10.2. The Labute approximate surface area is 137 Å². The molecule has 2 N–H and O–H groups in total. The molecule has 0 unspecified atom stereocenters. The van der Waals surface area contributed by atoms with Crippen LogP contribution < -0.4 is 10.6 Å². The van der Waals surface area contributed by atoms with Crippen LogP contribution in [0.2, 0.25) is 0 Å². The highest BCUT2D eigenvalue weighted by molar-refractivity contribution is 9.11. The van der Waals surface area contributed by atoms with Gasteiger partial charge in [-0.15, -0.1) is 0 Å². The summed E-state index contributed by atoms with van der Waals surface area (Å²) in [4.78, 5) is 9.30. The average molecular weight is 367 g/mol. The van der Waals surface area contributed by atoms with Crippen molar-refractivity contribution in [1.29, 1.82) is 0 Å². The molecule has 0 saturated carbocycles. The second kappa shape index (κ2) is 6.87. The molecule has 3 rings (SSSR count). The molecule has 0 aliphatic carbocycles. The second-order valence-electron chi connectivity index (χ2n) is 5.23. The molecule has 0 atom stereocenters. The van der Waals surface area contributed by atoms with Gasteiger partial charge in [0.25, 0.3) is 0 Å². The highest BCUT2D eigenvalue weighted by atomic mass is 79.9. The third-order valence-corrected chi connectivity index (χ3v) is 5.31. The van der Waals surface area contributed by atoms with Gasteiger partial charge in [0.2, 0.25) is 0 Å². The highest BCUT2D eigenvalue weighted by Gasteiger charge is 2.19. The SMILES string of the molecule is NCc1ccc(CN2CCN(c3ncc(Br)s3)CC2)cc1. The van der Waals surface area contributed by atoms with E-state index >= 15 is 0 Å². The highest BCUT2D eigenvalue weighted by Crippen LogP contribution is 2.27. The Morgan fingerprint density at radius 2 is 1.76 bits per heavy atom. The predicted octanol–water partition coefficient (Wildman–Crippen LogP) is 2.69. The fraction of sp³-hybridized carbons (Fsp3) is 0.400. The first-order valence-electron chi connectivity index (χ1n) is 7.11. The lowest BCUT2D eigenvalue weighted by Gasteiger charge is -2.34. The average Bonchev–Trinajstić information content (AvgIpc) is 2.95. The van der Waals surface area contributed by atoms with E-state index in [2.05, 4.69) is 55.0 Å².